The number of nitrogens with zero attached hydrogens (tertiary/aromatic N) is 2. The molecule has 0 aliphatic carbocycles. The molecule has 0 fully saturated rings. The molecule has 0 saturated carbocycles. The van der Waals surface area contributed by atoms with Crippen LogP contribution in [0.25, 0.3) is 0 Å². The van der Waals surface area contributed by atoms with Crippen molar-refractivity contribution in [2.24, 2.45) is 0 Å². The summed E-state index contributed by atoms with van der Waals surface area (Å²) in [5, 5.41) is 3.20. The van der Waals surface area contributed by atoms with Gasteiger partial charge in [-0.3, -0.25) is 13.9 Å². The van der Waals surface area contributed by atoms with E-state index in [0.717, 1.165) is 14.3 Å². The quantitative estimate of drug-likeness (QED) is 0.299. The van der Waals surface area contributed by atoms with Gasteiger partial charge in [-0.2, -0.15) is 0 Å². The summed E-state index contributed by atoms with van der Waals surface area (Å²) in [6.45, 7) is 4.74. The molecule has 11 heteroatoms. The Bertz CT molecular complexity index is 1400. The van der Waals surface area contributed by atoms with Crippen molar-refractivity contribution in [3.05, 3.63) is 92.9 Å². The van der Waals surface area contributed by atoms with Gasteiger partial charge in [0.1, 0.15) is 12.6 Å². The van der Waals surface area contributed by atoms with Crippen LogP contribution in [0.1, 0.15) is 26.3 Å². The zero-order valence-electron chi connectivity index (χ0n) is 21.1. The summed E-state index contributed by atoms with van der Waals surface area (Å²) in [6.07, 6.45) is 0. The Morgan fingerprint density at radius 2 is 1.63 bits per heavy atom. The first-order chi connectivity index (χ1) is 17.9. The van der Waals surface area contributed by atoms with Crippen molar-refractivity contribution in [3.63, 3.8) is 0 Å². The van der Waals surface area contributed by atoms with Crippen LogP contribution < -0.4 is 9.62 Å². The van der Waals surface area contributed by atoms with Gasteiger partial charge in [-0.25, -0.2) is 8.42 Å². The average molecular weight is 641 g/mol. The molecule has 3 aromatic carbocycles. The van der Waals surface area contributed by atoms with Gasteiger partial charge in [-0.05, 0) is 68.8 Å². The van der Waals surface area contributed by atoms with E-state index in [1.54, 1.807) is 25.1 Å². The van der Waals surface area contributed by atoms with Gasteiger partial charge in [-0.1, -0.05) is 69.5 Å². The Kier molecular flexibility index (Phi) is 10.2. The molecule has 7 nitrogen and oxygen atoms in total. The van der Waals surface area contributed by atoms with Crippen LogP contribution in [-0.4, -0.2) is 43.8 Å². The number of amides is 2. The summed E-state index contributed by atoms with van der Waals surface area (Å²) < 4.78 is 29.3. The van der Waals surface area contributed by atoms with Crippen molar-refractivity contribution < 1.29 is 18.0 Å². The summed E-state index contributed by atoms with van der Waals surface area (Å²) >= 11 is 15.9. The maximum atomic E-state index is 13.9. The Balaban J connectivity index is 2.06. The van der Waals surface area contributed by atoms with Gasteiger partial charge in [-0.15, -0.1) is 0 Å². The zero-order valence-corrected chi connectivity index (χ0v) is 25.0. The summed E-state index contributed by atoms with van der Waals surface area (Å²) in [5.41, 5.74) is 0.855. The summed E-state index contributed by atoms with van der Waals surface area (Å²) in [7, 11) is -4.21. The fourth-order valence-corrected chi connectivity index (χ4v) is 6.20. The maximum Gasteiger partial charge on any atom is 0.264 e. The van der Waals surface area contributed by atoms with E-state index in [1.165, 1.54) is 35.2 Å². The first kappa shape index (κ1) is 30.0. The Labute approximate surface area is 241 Å². The van der Waals surface area contributed by atoms with Gasteiger partial charge in [0, 0.05) is 22.1 Å². The maximum absolute atomic E-state index is 13.9. The minimum absolute atomic E-state index is 0.0112. The van der Waals surface area contributed by atoms with E-state index in [1.807, 2.05) is 38.1 Å². The smallest absolute Gasteiger partial charge is 0.264 e. The normalized spacial score (nSPS) is 12.2. The van der Waals surface area contributed by atoms with E-state index in [-0.39, 0.29) is 34.1 Å². The van der Waals surface area contributed by atoms with Crippen LogP contribution in [0, 0.1) is 0 Å². The zero-order chi connectivity index (χ0) is 28.0. The third kappa shape index (κ3) is 7.50. The summed E-state index contributed by atoms with van der Waals surface area (Å²) in [5.74, 6) is -0.938. The number of carbonyl (C=O) groups is 2. The van der Waals surface area contributed by atoms with Crippen LogP contribution in [0.3, 0.4) is 0 Å². The van der Waals surface area contributed by atoms with Gasteiger partial charge < -0.3 is 10.2 Å². The molecule has 1 atom stereocenters. The van der Waals surface area contributed by atoms with Gasteiger partial charge in [0.2, 0.25) is 11.8 Å². The minimum atomic E-state index is -4.21. The van der Waals surface area contributed by atoms with Crippen molar-refractivity contribution in [2.75, 3.05) is 10.8 Å². The van der Waals surface area contributed by atoms with E-state index in [2.05, 4.69) is 21.2 Å². The number of sulfonamides is 1. The molecule has 0 aliphatic rings. The van der Waals surface area contributed by atoms with Crippen molar-refractivity contribution in [2.45, 2.75) is 44.3 Å². The van der Waals surface area contributed by atoms with Crippen molar-refractivity contribution in [1.29, 1.82) is 0 Å². The SMILES string of the molecule is CC(C)NC(=O)C(C)N(Cc1cccc(Br)c1)C(=O)CN(c1ccc(Cl)cc1Cl)S(=O)(=O)c1ccccc1. The van der Waals surface area contributed by atoms with Gasteiger partial charge in [0.15, 0.2) is 0 Å². The molecule has 0 radical (unpaired) electrons. The molecule has 2 amide bonds. The lowest BCUT2D eigenvalue weighted by Crippen LogP contribution is -2.52. The van der Waals surface area contributed by atoms with Crippen molar-refractivity contribution in [3.8, 4) is 0 Å². The molecule has 0 saturated heterocycles. The molecule has 0 bridgehead atoms. The van der Waals surface area contributed by atoms with Crippen molar-refractivity contribution >= 4 is 66.7 Å². The highest BCUT2D eigenvalue weighted by Crippen LogP contribution is 2.33. The number of anilines is 1. The van der Waals surface area contributed by atoms with E-state index in [9.17, 15) is 18.0 Å². The Morgan fingerprint density at radius 1 is 0.947 bits per heavy atom. The van der Waals surface area contributed by atoms with Gasteiger partial charge >= 0.3 is 0 Å². The van der Waals surface area contributed by atoms with Crippen LogP contribution in [0.4, 0.5) is 5.69 Å². The lowest BCUT2D eigenvalue weighted by atomic mass is 10.1. The minimum Gasteiger partial charge on any atom is -0.352 e. The molecular weight excluding hydrogens is 613 g/mol. The lowest BCUT2D eigenvalue weighted by molar-refractivity contribution is -0.139. The molecule has 0 heterocycles. The molecule has 3 rings (SSSR count). The lowest BCUT2D eigenvalue weighted by Gasteiger charge is -2.32. The first-order valence-electron chi connectivity index (χ1n) is 11.8. The number of carbonyl (C=O) groups excluding carboxylic acids is 2. The van der Waals surface area contributed by atoms with E-state index in [0.29, 0.717) is 5.02 Å². The summed E-state index contributed by atoms with van der Waals surface area (Å²) in [4.78, 5) is 28.2. The van der Waals surface area contributed by atoms with Crippen LogP contribution in [0.5, 0.6) is 0 Å². The standard InChI is InChI=1S/C27H28BrCl2N3O4S/c1-18(2)31-27(35)19(3)32(16-20-8-7-9-21(28)14-20)26(34)17-33(25-13-12-22(29)15-24(25)30)38(36,37)23-10-5-4-6-11-23/h4-15,18-19H,16-17H2,1-3H3,(H,31,35). The third-order valence-electron chi connectivity index (χ3n) is 5.63. The predicted molar refractivity (Wildman–Crippen MR) is 155 cm³/mol. The van der Waals surface area contributed by atoms with E-state index < -0.39 is 28.5 Å². The number of rotatable bonds is 10. The molecule has 38 heavy (non-hydrogen) atoms. The number of hydrogen-bond acceptors (Lipinski definition) is 4. The second-order valence-corrected chi connectivity index (χ2v) is 12.5. The van der Waals surface area contributed by atoms with Gasteiger partial charge in [0.05, 0.1) is 15.6 Å². The highest BCUT2D eigenvalue weighted by atomic mass is 79.9. The Morgan fingerprint density at radius 3 is 2.24 bits per heavy atom. The van der Waals surface area contributed by atoms with Gasteiger partial charge in [0.25, 0.3) is 10.0 Å². The third-order valence-corrected chi connectivity index (χ3v) is 8.43. The number of benzene rings is 3. The molecular formula is C27H28BrCl2N3O4S. The second kappa shape index (κ2) is 13.0. The second-order valence-electron chi connectivity index (χ2n) is 8.91. The molecule has 0 aliphatic heterocycles. The fourth-order valence-electron chi connectivity index (χ4n) is 3.74. The number of hydrogen-bond donors (Lipinski definition) is 1. The fraction of sp³-hybridized carbons (Fsp3) is 0.259. The molecule has 0 spiro atoms. The topological polar surface area (TPSA) is 86.8 Å². The first-order valence-corrected chi connectivity index (χ1v) is 14.8. The Hall–Kier alpha value is -2.59. The van der Waals surface area contributed by atoms with E-state index >= 15 is 0 Å². The molecule has 1 N–H and O–H groups in total. The summed E-state index contributed by atoms with van der Waals surface area (Å²) in [6, 6.07) is 18.4. The predicted octanol–water partition coefficient (Wildman–Crippen LogP) is 5.89. The molecule has 1 unspecified atom stereocenters. The van der Waals surface area contributed by atoms with Crippen LogP contribution in [0.15, 0.2) is 82.2 Å². The highest BCUT2D eigenvalue weighted by molar-refractivity contribution is 9.10. The monoisotopic (exact) mass is 639 g/mol. The largest absolute Gasteiger partial charge is 0.352 e. The molecule has 0 aromatic heterocycles. The average Bonchev–Trinajstić information content (AvgIpc) is 2.86. The van der Waals surface area contributed by atoms with Crippen LogP contribution in [0.2, 0.25) is 10.0 Å². The number of halogens is 3. The van der Waals surface area contributed by atoms with Crippen LogP contribution >= 0.6 is 39.1 Å². The molecule has 3 aromatic rings. The molecule has 202 valence electrons. The van der Waals surface area contributed by atoms with Crippen molar-refractivity contribution in [1.82, 2.24) is 10.2 Å². The number of nitrogens with one attached hydrogen (secondary N) is 1. The highest BCUT2D eigenvalue weighted by Gasteiger charge is 2.33. The van der Waals surface area contributed by atoms with Crippen LogP contribution in [-0.2, 0) is 26.2 Å². The van der Waals surface area contributed by atoms with E-state index in [4.69, 9.17) is 23.2 Å².